The molecule has 3 atom stereocenters. The highest BCUT2D eigenvalue weighted by Crippen LogP contribution is 2.42. The molecule has 1 aliphatic rings. The van der Waals surface area contributed by atoms with Crippen LogP contribution in [0.5, 0.6) is 0 Å². The van der Waals surface area contributed by atoms with Crippen molar-refractivity contribution in [3.63, 3.8) is 0 Å². The van der Waals surface area contributed by atoms with Crippen LogP contribution in [0.2, 0.25) is 0 Å². The fourth-order valence-corrected chi connectivity index (χ4v) is 3.72. The number of halogens is 2. The Kier molecular flexibility index (Phi) is 5.13. The number of hydrogen-bond acceptors (Lipinski definition) is 3. The normalized spacial score (nSPS) is 26.0. The van der Waals surface area contributed by atoms with Crippen LogP contribution in [0.1, 0.15) is 36.6 Å². The molecule has 5 heteroatoms. The first-order valence-electron chi connectivity index (χ1n) is 8.34. The van der Waals surface area contributed by atoms with E-state index >= 15 is 0 Å². The van der Waals surface area contributed by atoms with E-state index < -0.39 is 0 Å². The molecule has 132 valence electrons. The average molecular weight is 344 g/mol. The predicted molar refractivity (Wildman–Crippen MR) is 94.3 cm³/mol. The Labute approximate surface area is 146 Å². The number of oxime groups is 1. The molecular weight excluding hydrogens is 322 g/mol. The molecule has 2 aromatic carbocycles. The molecule has 0 saturated carbocycles. The van der Waals surface area contributed by atoms with Crippen molar-refractivity contribution < 1.29 is 13.6 Å². The number of piperidine rings is 1. The lowest BCUT2D eigenvalue weighted by molar-refractivity contribution is 0.123. The van der Waals surface area contributed by atoms with Crippen LogP contribution in [0.15, 0.2) is 53.7 Å². The Bertz CT molecular complexity index is 743. The van der Waals surface area contributed by atoms with Crippen LogP contribution >= 0.6 is 0 Å². The third kappa shape index (κ3) is 3.56. The first-order valence-corrected chi connectivity index (χ1v) is 8.34. The molecule has 0 N–H and O–H groups in total. The first-order chi connectivity index (χ1) is 12.0. The molecule has 25 heavy (non-hydrogen) atoms. The van der Waals surface area contributed by atoms with Gasteiger partial charge in [-0.15, -0.1) is 0 Å². The lowest BCUT2D eigenvalue weighted by Crippen LogP contribution is -2.42. The first kappa shape index (κ1) is 17.5. The molecule has 0 bridgehead atoms. The van der Waals surface area contributed by atoms with Crippen molar-refractivity contribution >= 4 is 5.71 Å². The van der Waals surface area contributed by atoms with Crippen molar-refractivity contribution in [3.05, 3.63) is 71.3 Å². The van der Waals surface area contributed by atoms with E-state index in [1.165, 1.54) is 31.4 Å². The van der Waals surface area contributed by atoms with Crippen molar-refractivity contribution in [1.82, 2.24) is 4.90 Å². The van der Waals surface area contributed by atoms with Gasteiger partial charge < -0.3 is 4.84 Å². The van der Waals surface area contributed by atoms with Gasteiger partial charge in [-0.3, -0.25) is 4.90 Å². The van der Waals surface area contributed by atoms with Crippen LogP contribution in [-0.4, -0.2) is 24.8 Å². The number of rotatable bonds is 3. The van der Waals surface area contributed by atoms with Gasteiger partial charge in [0.05, 0.1) is 5.71 Å². The van der Waals surface area contributed by atoms with Gasteiger partial charge in [-0.05, 0) is 42.4 Å². The van der Waals surface area contributed by atoms with E-state index in [0.29, 0.717) is 6.42 Å². The Balaban J connectivity index is 2.01. The lowest BCUT2D eigenvalue weighted by Gasteiger charge is -2.44. The van der Waals surface area contributed by atoms with Gasteiger partial charge in [-0.2, -0.15) is 0 Å². The minimum absolute atomic E-state index is 0.0262. The number of hydrogen-bond donors (Lipinski definition) is 0. The van der Waals surface area contributed by atoms with Gasteiger partial charge in [0.1, 0.15) is 18.7 Å². The lowest BCUT2D eigenvalue weighted by atomic mass is 9.80. The zero-order valence-electron chi connectivity index (χ0n) is 14.6. The summed E-state index contributed by atoms with van der Waals surface area (Å²) in [5.74, 6) is -0.390. The highest BCUT2D eigenvalue weighted by atomic mass is 19.1. The molecule has 1 saturated heterocycles. The van der Waals surface area contributed by atoms with Crippen molar-refractivity contribution in [2.75, 3.05) is 14.2 Å². The number of nitrogens with zero attached hydrogens (tertiary/aromatic N) is 2. The minimum atomic E-state index is -0.254. The van der Waals surface area contributed by atoms with Gasteiger partial charge >= 0.3 is 0 Å². The summed E-state index contributed by atoms with van der Waals surface area (Å²) in [6, 6.07) is 13.2. The third-order valence-corrected chi connectivity index (χ3v) is 5.01. The molecule has 1 aliphatic heterocycles. The van der Waals surface area contributed by atoms with E-state index in [4.69, 9.17) is 4.84 Å². The molecule has 2 aromatic rings. The van der Waals surface area contributed by atoms with Gasteiger partial charge in [-0.1, -0.05) is 36.3 Å². The fraction of sp³-hybridized carbons (Fsp3) is 0.350. The number of likely N-dealkylation sites (tertiary alicyclic amines) is 1. The van der Waals surface area contributed by atoms with E-state index in [-0.39, 0.29) is 29.6 Å². The monoisotopic (exact) mass is 344 g/mol. The molecule has 3 nitrogen and oxygen atoms in total. The highest BCUT2D eigenvalue weighted by molar-refractivity contribution is 5.88. The highest BCUT2D eigenvalue weighted by Gasteiger charge is 2.38. The van der Waals surface area contributed by atoms with Gasteiger partial charge in [0.25, 0.3) is 0 Å². The van der Waals surface area contributed by atoms with E-state index in [1.54, 1.807) is 12.1 Å². The topological polar surface area (TPSA) is 24.8 Å². The van der Waals surface area contributed by atoms with Crippen LogP contribution in [0, 0.1) is 17.6 Å². The van der Waals surface area contributed by atoms with E-state index in [1.807, 2.05) is 19.2 Å². The van der Waals surface area contributed by atoms with Crippen molar-refractivity contribution in [1.29, 1.82) is 0 Å². The molecule has 1 fully saturated rings. The third-order valence-electron chi connectivity index (χ3n) is 5.01. The second-order valence-corrected chi connectivity index (χ2v) is 6.49. The van der Waals surface area contributed by atoms with Crippen molar-refractivity contribution in [2.24, 2.45) is 11.1 Å². The second kappa shape index (κ2) is 7.31. The molecule has 0 amide bonds. The van der Waals surface area contributed by atoms with Crippen molar-refractivity contribution in [2.45, 2.75) is 25.4 Å². The van der Waals surface area contributed by atoms with Gasteiger partial charge in [-0.25, -0.2) is 8.78 Å². The van der Waals surface area contributed by atoms with Gasteiger partial charge in [0.15, 0.2) is 0 Å². The second-order valence-electron chi connectivity index (χ2n) is 6.49. The van der Waals surface area contributed by atoms with Crippen LogP contribution < -0.4 is 0 Å². The summed E-state index contributed by atoms with van der Waals surface area (Å²) < 4.78 is 26.6. The minimum Gasteiger partial charge on any atom is -0.399 e. The summed E-state index contributed by atoms with van der Waals surface area (Å²) in [5.41, 5.74) is 2.99. The maximum Gasteiger partial charge on any atom is 0.123 e. The fourth-order valence-electron chi connectivity index (χ4n) is 3.72. The Hall–Kier alpha value is -2.27. The standard InChI is InChI=1S/C20H22F2N2O/c1-13-18(23-25-3)12-19(14-4-8-16(21)9-5-14)24(2)20(13)15-6-10-17(22)11-7-15/h4-11,13,19-20H,12H2,1-3H3/b23-18+/t13-,19+,20-/m1/s1. The summed E-state index contributed by atoms with van der Waals surface area (Å²) in [6.45, 7) is 2.10. The molecule has 0 spiro atoms. The Morgan fingerprint density at radius 1 is 0.960 bits per heavy atom. The van der Waals surface area contributed by atoms with Crippen LogP contribution in [0.25, 0.3) is 0 Å². The molecule has 1 heterocycles. The zero-order valence-corrected chi connectivity index (χ0v) is 14.6. The number of benzene rings is 2. The SMILES string of the molecule is CO/N=C1\C[C@@H](c2ccc(F)cc2)N(C)[C@@H](c2ccc(F)cc2)[C@@H]1C. The van der Waals surface area contributed by atoms with E-state index in [2.05, 4.69) is 17.0 Å². The summed E-state index contributed by atoms with van der Waals surface area (Å²) >= 11 is 0. The molecule has 0 aromatic heterocycles. The molecule has 3 rings (SSSR count). The summed E-state index contributed by atoms with van der Waals surface area (Å²) in [7, 11) is 3.58. The largest absolute Gasteiger partial charge is 0.399 e. The van der Waals surface area contributed by atoms with Gasteiger partial charge in [0.2, 0.25) is 0 Å². The molecule has 0 aliphatic carbocycles. The molecular formula is C20H22F2N2O. The van der Waals surface area contributed by atoms with E-state index in [0.717, 1.165) is 16.8 Å². The average Bonchev–Trinajstić information content (AvgIpc) is 2.60. The summed E-state index contributed by atoms with van der Waals surface area (Å²) in [5, 5.41) is 4.23. The summed E-state index contributed by atoms with van der Waals surface area (Å²) in [4.78, 5) is 7.29. The zero-order chi connectivity index (χ0) is 18.0. The van der Waals surface area contributed by atoms with Crippen LogP contribution in [0.4, 0.5) is 8.78 Å². The quantitative estimate of drug-likeness (QED) is 0.753. The summed E-state index contributed by atoms with van der Waals surface area (Å²) in [6.07, 6.45) is 0.703. The van der Waals surface area contributed by atoms with Gasteiger partial charge in [0, 0.05) is 24.4 Å². The smallest absolute Gasteiger partial charge is 0.123 e. The van der Waals surface area contributed by atoms with E-state index in [9.17, 15) is 8.78 Å². The predicted octanol–water partition coefficient (Wildman–Crippen LogP) is 4.72. The Morgan fingerprint density at radius 3 is 2.00 bits per heavy atom. The van der Waals surface area contributed by atoms with Crippen LogP contribution in [0.3, 0.4) is 0 Å². The van der Waals surface area contributed by atoms with Crippen molar-refractivity contribution in [3.8, 4) is 0 Å². The van der Waals surface area contributed by atoms with Crippen LogP contribution in [-0.2, 0) is 4.84 Å². The Morgan fingerprint density at radius 2 is 1.48 bits per heavy atom. The molecule has 0 radical (unpaired) electrons. The maximum atomic E-state index is 13.3. The maximum absolute atomic E-state index is 13.3. The molecule has 0 unspecified atom stereocenters.